The van der Waals surface area contributed by atoms with E-state index in [1.54, 1.807) is 0 Å². The van der Waals surface area contributed by atoms with E-state index in [2.05, 4.69) is 170 Å². The zero-order chi connectivity index (χ0) is 33.4. The molecule has 2 heterocycles. The van der Waals surface area contributed by atoms with Crippen LogP contribution in [0, 0.1) is 0 Å². The first-order chi connectivity index (χ1) is 24.6. The van der Waals surface area contributed by atoms with Gasteiger partial charge in [-0.2, -0.15) is 0 Å². The molecule has 0 radical (unpaired) electrons. The highest BCUT2D eigenvalue weighted by Gasteiger charge is 2.37. The van der Waals surface area contributed by atoms with Gasteiger partial charge in [-0.25, -0.2) is 9.97 Å². The molecular weight excluding hydrogens is 607 g/mol. The zero-order valence-electron chi connectivity index (χ0n) is 27.9. The molecule has 7 aromatic carbocycles. The molecule has 0 atom stereocenters. The lowest BCUT2D eigenvalue weighted by Gasteiger charge is -2.21. The molecule has 0 amide bonds. The van der Waals surface area contributed by atoms with E-state index in [1.807, 2.05) is 12.1 Å². The second kappa shape index (κ2) is 10.8. The highest BCUT2D eigenvalue weighted by molar-refractivity contribution is 6.23. The Labute approximate surface area is 291 Å². The molecule has 0 saturated carbocycles. The van der Waals surface area contributed by atoms with E-state index in [4.69, 9.17) is 9.97 Å². The summed E-state index contributed by atoms with van der Waals surface area (Å²) in [5, 5.41) is 4.83. The van der Waals surface area contributed by atoms with E-state index in [0.717, 1.165) is 33.5 Å². The van der Waals surface area contributed by atoms with Gasteiger partial charge in [0, 0.05) is 32.9 Å². The van der Waals surface area contributed by atoms with Crippen LogP contribution in [0.2, 0.25) is 0 Å². The topological polar surface area (TPSA) is 30.7 Å². The maximum absolute atomic E-state index is 5.37. The summed E-state index contributed by atoms with van der Waals surface area (Å²) >= 11 is 0. The minimum Gasteiger partial charge on any atom is -0.277 e. The first-order valence-electron chi connectivity index (χ1n) is 17.3. The Morgan fingerprint density at radius 2 is 1.06 bits per heavy atom. The predicted octanol–water partition coefficient (Wildman–Crippen LogP) is 12.0. The lowest BCUT2D eigenvalue weighted by atomic mass is 9.82. The standard InChI is InChI=1S/C47H33N3/c1-47(2)38-25-12-11-21-36(38)43-34(22-14-26-39(43)47)35-23-13-24-37-44-33-20-10-9-15-30(33)27-28-42(44)50(45(35)37)46-48-40(31-16-5-3-6-17-31)29-41(49-46)32-18-7-4-8-19-32/h3-29H,1-2H3. The molecule has 1 aliphatic rings. The van der Waals surface area contributed by atoms with Gasteiger partial charge < -0.3 is 0 Å². The van der Waals surface area contributed by atoms with Gasteiger partial charge in [-0.15, -0.1) is 0 Å². The van der Waals surface area contributed by atoms with E-state index >= 15 is 0 Å². The Morgan fingerprint density at radius 1 is 0.480 bits per heavy atom. The van der Waals surface area contributed by atoms with Crippen molar-refractivity contribution in [3.8, 4) is 50.7 Å². The molecule has 0 N–H and O–H groups in total. The summed E-state index contributed by atoms with van der Waals surface area (Å²) in [4.78, 5) is 10.7. The van der Waals surface area contributed by atoms with Gasteiger partial charge in [-0.3, -0.25) is 4.57 Å². The second-order valence-electron chi connectivity index (χ2n) is 13.8. The first-order valence-corrected chi connectivity index (χ1v) is 17.3. The van der Waals surface area contributed by atoms with E-state index in [-0.39, 0.29) is 5.41 Å². The van der Waals surface area contributed by atoms with Gasteiger partial charge in [0.2, 0.25) is 5.95 Å². The summed E-state index contributed by atoms with van der Waals surface area (Å²) in [5.41, 5.74) is 13.7. The third kappa shape index (κ3) is 4.17. The monoisotopic (exact) mass is 639 g/mol. The Kier molecular flexibility index (Phi) is 6.22. The van der Waals surface area contributed by atoms with Gasteiger partial charge in [-0.05, 0) is 50.7 Å². The van der Waals surface area contributed by atoms with Crippen LogP contribution < -0.4 is 0 Å². The minimum absolute atomic E-state index is 0.101. The maximum Gasteiger partial charge on any atom is 0.235 e. The van der Waals surface area contributed by atoms with Crippen LogP contribution in [0.15, 0.2) is 164 Å². The molecule has 0 spiro atoms. The Bertz CT molecular complexity index is 2720. The SMILES string of the molecule is CC1(C)c2ccccc2-c2c(-c3cccc4c5c6ccccc6ccc5n(-c5nc(-c6ccccc6)cc(-c6ccccc6)n5)c34)cccc21. The van der Waals surface area contributed by atoms with Crippen LogP contribution in [-0.4, -0.2) is 14.5 Å². The average Bonchev–Trinajstić information content (AvgIpc) is 3.65. The number of aromatic nitrogens is 3. The van der Waals surface area contributed by atoms with Gasteiger partial charge in [0.25, 0.3) is 0 Å². The summed E-state index contributed by atoms with van der Waals surface area (Å²) in [6.45, 7) is 4.69. The van der Waals surface area contributed by atoms with Crippen LogP contribution in [0.25, 0.3) is 83.3 Å². The summed E-state index contributed by atoms with van der Waals surface area (Å²) < 4.78 is 2.32. The van der Waals surface area contributed by atoms with Crippen molar-refractivity contribution in [3.63, 3.8) is 0 Å². The molecule has 1 aliphatic carbocycles. The molecule has 0 bridgehead atoms. The number of rotatable bonds is 4. The molecule has 0 aliphatic heterocycles. The van der Waals surface area contributed by atoms with Crippen LogP contribution in [0.4, 0.5) is 0 Å². The van der Waals surface area contributed by atoms with Gasteiger partial charge in [0.1, 0.15) is 0 Å². The van der Waals surface area contributed by atoms with Gasteiger partial charge in [0.05, 0.1) is 22.4 Å². The molecule has 236 valence electrons. The number of hydrogen-bond acceptors (Lipinski definition) is 2. The second-order valence-corrected chi connectivity index (χ2v) is 13.8. The van der Waals surface area contributed by atoms with Crippen molar-refractivity contribution in [1.29, 1.82) is 0 Å². The largest absolute Gasteiger partial charge is 0.277 e. The molecular formula is C47H33N3. The van der Waals surface area contributed by atoms with Crippen LogP contribution in [0.3, 0.4) is 0 Å². The van der Waals surface area contributed by atoms with Gasteiger partial charge >= 0.3 is 0 Å². The first kappa shape index (κ1) is 28.7. The molecule has 2 aromatic heterocycles. The summed E-state index contributed by atoms with van der Waals surface area (Å²) in [6.07, 6.45) is 0. The lowest BCUT2D eigenvalue weighted by molar-refractivity contribution is 0.660. The molecule has 9 aromatic rings. The molecule has 10 rings (SSSR count). The molecule has 3 heteroatoms. The van der Waals surface area contributed by atoms with Crippen LogP contribution >= 0.6 is 0 Å². The number of para-hydroxylation sites is 1. The van der Waals surface area contributed by atoms with Crippen molar-refractivity contribution in [2.24, 2.45) is 0 Å². The molecule has 50 heavy (non-hydrogen) atoms. The smallest absolute Gasteiger partial charge is 0.235 e. The summed E-state index contributed by atoms with van der Waals surface area (Å²) in [5.74, 6) is 0.654. The Morgan fingerprint density at radius 3 is 1.82 bits per heavy atom. The van der Waals surface area contributed by atoms with E-state index in [9.17, 15) is 0 Å². The van der Waals surface area contributed by atoms with Crippen LogP contribution in [0.5, 0.6) is 0 Å². The van der Waals surface area contributed by atoms with Crippen LogP contribution in [-0.2, 0) is 5.41 Å². The van der Waals surface area contributed by atoms with Crippen molar-refractivity contribution in [2.45, 2.75) is 19.3 Å². The number of nitrogens with zero attached hydrogens (tertiary/aromatic N) is 3. The molecule has 3 nitrogen and oxygen atoms in total. The number of hydrogen-bond donors (Lipinski definition) is 0. The highest BCUT2D eigenvalue weighted by Crippen LogP contribution is 2.53. The van der Waals surface area contributed by atoms with E-state index in [0.29, 0.717) is 5.95 Å². The van der Waals surface area contributed by atoms with Gasteiger partial charge in [0.15, 0.2) is 0 Å². The molecule has 0 saturated heterocycles. The summed E-state index contributed by atoms with van der Waals surface area (Å²) in [6, 6.07) is 58.6. The van der Waals surface area contributed by atoms with Crippen molar-refractivity contribution in [3.05, 3.63) is 175 Å². The predicted molar refractivity (Wildman–Crippen MR) is 208 cm³/mol. The summed E-state index contributed by atoms with van der Waals surface area (Å²) in [7, 11) is 0. The Balaban J connectivity index is 1.36. The fourth-order valence-corrected chi connectivity index (χ4v) is 8.29. The third-order valence-electron chi connectivity index (χ3n) is 10.6. The maximum atomic E-state index is 5.37. The highest BCUT2D eigenvalue weighted by atomic mass is 15.2. The third-order valence-corrected chi connectivity index (χ3v) is 10.6. The van der Waals surface area contributed by atoms with Crippen LogP contribution in [0.1, 0.15) is 25.0 Å². The van der Waals surface area contributed by atoms with Crippen molar-refractivity contribution in [1.82, 2.24) is 14.5 Å². The lowest BCUT2D eigenvalue weighted by Crippen LogP contribution is -2.14. The average molecular weight is 640 g/mol. The Hall–Kier alpha value is -6.32. The van der Waals surface area contributed by atoms with E-state index < -0.39 is 0 Å². The molecule has 0 unspecified atom stereocenters. The van der Waals surface area contributed by atoms with Crippen molar-refractivity contribution >= 4 is 32.6 Å². The van der Waals surface area contributed by atoms with Crippen molar-refractivity contribution < 1.29 is 0 Å². The number of benzene rings is 7. The normalized spacial score (nSPS) is 13.2. The van der Waals surface area contributed by atoms with E-state index in [1.165, 1.54) is 54.9 Å². The van der Waals surface area contributed by atoms with Gasteiger partial charge in [-0.1, -0.05) is 166 Å². The quantitative estimate of drug-likeness (QED) is 0.192. The fraction of sp³-hybridized carbons (Fsp3) is 0.0638. The fourth-order valence-electron chi connectivity index (χ4n) is 8.29. The minimum atomic E-state index is -0.101. The zero-order valence-corrected chi connectivity index (χ0v) is 27.9. The number of fused-ring (bicyclic) bond motifs is 8. The molecule has 0 fully saturated rings. The van der Waals surface area contributed by atoms with Crippen molar-refractivity contribution in [2.75, 3.05) is 0 Å².